The number of fused-ring (bicyclic) bond motifs is 1. The van der Waals surface area contributed by atoms with E-state index >= 15 is 0 Å². The first-order valence-corrected chi connectivity index (χ1v) is 8.45. The molecule has 0 saturated heterocycles. The number of esters is 1. The van der Waals surface area contributed by atoms with E-state index in [1.165, 1.54) is 25.3 Å². The van der Waals surface area contributed by atoms with E-state index in [4.69, 9.17) is 33.7 Å². The summed E-state index contributed by atoms with van der Waals surface area (Å²) in [6, 6.07) is 11.7. The van der Waals surface area contributed by atoms with Crippen LogP contribution in [0.3, 0.4) is 0 Å². The molecule has 29 heavy (non-hydrogen) atoms. The van der Waals surface area contributed by atoms with Crippen LogP contribution >= 0.6 is 23.2 Å². The van der Waals surface area contributed by atoms with Crippen LogP contribution in [0.25, 0.3) is 5.52 Å². The van der Waals surface area contributed by atoms with Crippen LogP contribution in [0.4, 0.5) is 0 Å². The van der Waals surface area contributed by atoms with Gasteiger partial charge < -0.3 is 20.1 Å². The van der Waals surface area contributed by atoms with Gasteiger partial charge in [-0.25, -0.2) is 4.79 Å². The van der Waals surface area contributed by atoms with Gasteiger partial charge in [0.2, 0.25) is 5.52 Å². The van der Waals surface area contributed by atoms with Crippen LogP contribution in [-0.4, -0.2) is 23.3 Å². The summed E-state index contributed by atoms with van der Waals surface area (Å²) in [5.41, 5.74) is -0.00222. The molecule has 3 rings (SSSR count). The van der Waals surface area contributed by atoms with Gasteiger partial charge in [0.25, 0.3) is 0 Å². The van der Waals surface area contributed by atoms with Gasteiger partial charge in [-0.3, -0.25) is 0 Å². The van der Waals surface area contributed by atoms with Crippen molar-refractivity contribution in [3.8, 4) is 29.4 Å². The third-order valence-corrected chi connectivity index (χ3v) is 4.53. The molecule has 0 radical (unpaired) electrons. The van der Waals surface area contributed by atoms with Crippen LogP contribution in [0, 0.1) is 22.7 Å². The monoisotopic (exact) mass is 431 g/mol. The molecule has 2 heterocycles. The maximum Gasteiger partial charge on any atom is 0.408 e. The fourth-order valence-corrected chi connectivity index (χ4v) is 2.70. The van der Waals surface area contributed by atoms with Crippen LogP contribution in [0.2, 0.25) is 10.0 Å². The molecule has 0 bridgehead atoms. The predicted molar refractivity (Wildman–Crippen MR) is 99.6 cm³/mol. The van der Waals surface area contributed by atoms with E-state index < -0.39 is 38.6 Å². The van der Waals surface area contributed by atoms with Crippen LogP contribution in [-0.2, 0) is 4.74 Å². The van der Waals surface area contributed by atoms with E-state index in [0.717, 1.165) is 5.52 Å². The molecule has 0 aliphatic heterocycles. The first kappa shape index (κ1) is 21.6. The van der Waals surface area contributed by atoms with Gasteiger partial charge in [-0.2, -0.15) is 14.9 Å². The first-order valence-electron chi connectivity index (χ1n) is 7.70. The lowest BCUT2D eigenvalue weighted by molar-refractivity contribution is -0.516. The lowest BCUT2D eigenvalue weighted by Gasteiger charge is -2.14. The Hall–Kier alpha value is -3.72. The molecule has 146 valence electrons. The molecule has 2 aromatic heterocycles. The van der Waals surface area contributed by atoms with E-state index in [1.54, 1.807) is 22.7 Å². The summed E-state index contributed by atoms with van der Waals surface area (Å²) in [5, 5.41) is 46.4. The fourth-order valence-electron chi connectivity index (χ4n) is 2.33. The maximum absolute atomic E-state index is 11.4. The SMILES string of the molecule is COC(=O)c1c(O)ccc2cccc[n+]12.N#Cc1c([O-])c(Cl)c(Cl)c(O)c1C#N. The Morgan fingerprint density at radius 2 is 1.76 bits per heavy atom. The standard InChI is InChI=1S/C11H9NO3.C8H2Cl2N2O2/c1-15-11(14)10-9(13)6-5-8-4-2-3-7-12(8)10;9-5-6(10)8(14)4(2-12)3(1-11)7(5)13/h2-7H,1H3;13-14H. The normalized spacial score (nSPS) is 9.69. The number of benzene rings is 1. The molecule has 3 aromatic rings. The number of aromatic nitrogens is 1. The van der Waals surface area contributed by atoms with E-state index in [1.807, 2.05) is 12.1 Å². The van der Waals surface area contributed by atoms with Crippen LogP contribution in [0.1, 0.15) is 21.6 Å². The second-order valence-electron chi connectivity index (χ2n) is 5.33. The van der Waals surface area contributed by atoms with Crippen molar-refractivity contribution in [3.63, 3.8) is 0 Å². The smallest absolute Gasteiger partial charge is 0.408 e. The molecule has 1 aromatic carbocycles. The number of ether oxygens (including phenoxy) is 1. The van der Waals surface area contributed by atoms with Gasteiger partial charge in [-0.1, -0.05) is 29.0 Å². The molecule has 0 aliphatic rings. The van der Waals surface area contributed by atoms with Gasteiger partial charge in [0.05, 0.1) is 17.7 Å². The average molecular weight is 432 g/mol. The number of halogens is 2. The lowest BCUT2D eigenvalue weighted by atomic mass is 10.1. The predicted octanol–water partition coefficient (Wildman–Crippen LogP) is 2.43. The number of phenols is 1. The largest absolute Gasteiger partial charge is 0.871 e. The third-order valence-electron chi connectivity index (χ3n) is 3.70. The second kappa shape index (κ2) is 8.98. The molecule has 0 fully saturated rings. The van der Waals surface area contributed by atoms with Crippen LogP contribution in [0.5, 0.6) is 17.2 Å². The van der Waals surface area contributed by atoms with E-state index in [0.29, 0.717) is 0 Å². The number of nitriles is 2. The molecule has 10 heteroatoms. The number of nitrogens with zero attached hydrogens (tertiary/aromatic N) is 3. The summed E-state index contributed by atoms with van der Waals surface area (Å²) in [4.78, 5) is 11.4. The highest BCUT2D eigenvalue weighted by atomic mass is 35.5. The Bertz CT molecular complexity index is 1150. The molecule has 2 N–H and O–H groups in total. The van der Waals surface area contributed by atoms with Crippen molar-refractivity contribution in [1.29, 1.82) is 10.5 Å². The Balaban J connectivity index is 0.000000208. The third kappa shape index (κ3) is 4.09. The molecule has 0 spiro atoms. The van der Waals surface area contributed by atoms with Gasteiger partial charge in [-0.05, 0) is 12.1 Å². The zero-order chi connectivity index (χ0) is 21.7. The maximum atomic E-state index is 11.4. The van der Waals surface area contributed by atoms with E-state index in [-0.39, 0.29) is 11.4 Å². The van der Waals surface area contributed by atoms with Crippen molar-refractivity contribution >= 4 is 34.7 Å². The van der Waals surface area contributed by atoms with E-state index in [2.05, 4.69) is 4.74 Å². The molecule has 0 aliphatic carbocycles. The summed E-state index contributed by atoms with van der Waals surface area (Å²) < 4.78 is 6.19. The summed E-state index contributed by atoms with van der Waals surface area (Å²) in [6.07, 6.45) is 1.70. The lowest BCUT2D eigenvalue weighted by Crippen LogP contribution is -2.30. The van der Waals surface area contributed by atoms with Crippen molar-refractivity contribution in [2.75, 3.05) is 7.11 Å². The van der Waals surface area contributed by atoms with Gasteiger partial charge in [0.1, 0.15) is 22.7 Å². The van der Waals surface area contributed by atoms with Gasteiger partial charge in [0, 0.05) is 18.2 Å². The molecule has 0 saturated carbocycles. The minimum Gasteiger partial charge on any atom is -0.871 e. The van der Waals surface area contributed by atoms with Crippen molar-refractivity contribution in [3.05, 3.63) is 63.4 Å². The molecule has 8 nitrogen and oxygen atoms in total. The molecule has 0 unspecified atom stereocenters. The second-order valence-corrected chi connectivity index (χ2v) is 6.09. The topological polar surface area (TPSA) is 142 Å². The first-order chi connectivity index (χ1) is 13.8. The van der Waals surface area contributed by atoms with Gasteiger partial charge in [0.15, 0.2) is 17.7 Å². The van der Waals surface area contributed by atoms with E-state index in [9.17, 15) is 20.1 Å². The minimum atomic E-state index is -0.853. The van der Waals surface area contributed by atoms with Crippen molar-refractivity contribution < 1.29 is 29.3 Å². The number of carbonyl (C=O) groups is 1. The number of aromatic hydroxyl groups is 2. The highest BCUT2D eigenvalue weighted by molar-refractivity contribution is 6.44. The van der Waals surface area contributed by atoms with Crippen LogP contribution < -0.4 is 9.51 Å². The number of hydrogen-bond donors (Lipinski definition) is 2. The molecule has 0 amide bonds. The Labute approximate surface area is 174 Å². The number of carbonyl (C=O) groups excluding carboxylic acids is 1. The summed E-state index contributed by atoms with van der Waals surface area (Å²) in [5.74, 6) is -2.15. The molecular weight excluding hydrogens is 421 g/mol. The number of methoxy groups -OCH3 is 1. The van der Waals surface area contributed by atoms with Crippen molar-refractivity contribution in [2.24, 2.45) is 0 Å². The van der Waals surface area contributed by atoms with Crippen LogP contribution in [0.15, 0.2) is 36.5 Å². The van der Waals surface area contributed by atoms with Gasteiger partial charge >= 0.3 is 11.7 Å². The number of pyridine rings is 2. The number of phenolic OH excluding ortho intramolecular Hbond substituents is 1. The van der Waals surface area contributed by atoms with Crippen molar-refractivity contribution in [1.82, 2.24) is 0 Å². The summed E-state index contributed by atoms with van der Waals surface area (Å²) in [7, 11) is 1.28. The average Bonchev–Trinajstić information content (AvgIpc) is 2.74. The summed E-state index contributed by atoms with van der Waals surface area (Å²) in [6.45, 7) is 0. The molecule has 0 atom stereocenters. The zero-order valence-corrected chi connectivity index (χ0v) is 16.2. The molecular formula is C19H11Cl2N3O5. The Morgan fingerprint density at radius 1 is 1.10 bits per heavy atom. The zero-order valence-electron chi connectivity index (χ0n) is 14.7. The quantitative estimate of drug-likeness (QED) is 0.444. The fraction of sp³-hybridized carbons (Fsp3) is 0.0526. The Kier molecular flexibility index (Phi) is 6.68. The van der Waals surface area contributed by atoms with Gasteiger partial charge in [-0.15, -0.1) is 0 Å². The van der Waals surface area contributed by atoms with Crippen molar-refractivity contribution in [2.45, 2.75) is 0 Å². The number of hydrogen-bond acceptors (Lipinski definition) is 7. The highest BCUT2D eigenvalue weighted by Crippen LogP contribution is 2.41. The minimum absolute atomic E-state index is 0.0921. The number of rotatable bonds is 1. The Morgan fingerprint density at radius 3 is 2.34 bits per heavy atom. The highest BCUT2D eigenvalue weighted by Gasteiger charge is 2.24. The summed E-state index contributed by atoms with van der Waals surface area (Å²) >= 11 is 10.9.